The van der Waals surface area contributed by atoms with E-state index in [2.05, 4.69) is 56.5 Å². The van der Waals surface area contributed by atoms with E-state index in [0.717, 1.165) is 6.07 Å². The molecular weight excluding hydrogens is 544 g/mol. The van der Waals surface area contributed by atoms with Gasteiger partial charge >= 0.3 is 12.1 Å². The number of rotatable bonds is 5. The summed E-state index contributed by atoms with van der Waals surface area (Å²) in [6.07, 6.45) is -4.00. The second kappa shape index (κ2) is 9.91. The first kappa shape index (κ1) is 24.1. The molecule has 0 aliphatic heterocycles. The average molecular weight is 552 g/mol. The minimum absolute atomic E-state index is 0.00263. The number of alkyl halides is 3. The lowest BCUT2D eigenvalue weighted by Crippen LogP contribution is -2.25. The molecule has 0 bridgehead atoms. The van der Waals surface area contributed by atoms with E-state index < -0.39 is 41.2 Å². The number of amides is 1. The van der Waals surface area contributed by atoms with Gasteiger partial charge in [-0.25, -0.2) is 18.8 Å². The summed E-state index contributed by atoms with van der Waals surface area (Å²) in [6, 6.07) is 6.20. The lowest BCUT2D eigenvalue weighted by Gasteiger charge is -2.10. The highest BCUT2D eigenvalue weighted by Crippen LogP contribution is 2.23. The number of carbonyl (C=O) groups is 2. The van der Waals surface area contributed by atoms with E-state index in [1.165, 1.54) is 30.5 Å². The lowest BCUT2D eigenvalue weighted by atomic mass is 10.2. The van der Waals surface area contributed by atoms with Gasteiger partial charge in [-0.1, -0.05) is 16.8 Å². The number of oxime groups is 1. The molecule has 0 aliphatic rings. The van der Waals surface area contributed by atoms with Crippen molar-refractivity contribution in [1.82, 2.24) is 15.3 Å². The third-order valence-corrected chi connectivity index (χ3v) is 4.49. The molecule has 0 fully saturated rings. The molecule has 3 rings (SSSR count). The zero-order valence-corrected chi connectivity index (χ0v) is 18.0. The van der Waals surface area contributed by atoms with Crippen molar-refractivity contribution in [2.75, 3.05) is 10.6 Å². The van der Waals surface area contributed by atoms with Gasteiger partial charge in [-0.15, -0.1) is 0 Å². The minimum atomic E-state index is -5.34. The lowest BCUT2D eigenvalue weighted by molar-refractivity contribution is -0.199. The predicted molar refractivity (Wildman–Crippen MR) is 108 cm³/mol. The van der Waals surface area contributed by atoms with Gasteiger partial charge in [-0.3, -0.25) is 4.79 Å². The Labute approximate surface area is 194 Å². The normalized spacial score (nSPS) is 11.8. The molecule has 33 heavy (non-hydrogen) atoms. The number of hydrogen-bond acceptors (Lipinski definition) is 8. The summed E-state index contributed by atoms with van der Waals surface area (Å²) in [4.78, 5) is 31.2. The molecule has 0 saturated heterocycles. The van der Waals surface area contributed by atoms with Crippen LogP contribution in [0.4, 0.5) is 29.1 Å². The molecule has 1 aromatic carbocycles. The fourth-order valence-electron chi connectivity index (χ4n) is 2.13. The topological polar surface area (TPSA) is 132 Å². The van der Waals surface area contributed by atoms with Crippen molar-refractivity contribution in [1.29, 1.82) is 0 Å². The van der Waals surface area contributed by atoms with Crippen molar-refractivity contribution in [2.45, 2.75) is 6.18 Å². The highest BCUT2D eigenvalue weighted by Gasteiger charge is 2.42. The quantitative estimate of drug-likeness (QED) is 0.121. The van der Waals surface area contributed by atoms with Gasteiger partial charge in [0.1, 0.15) is 11.0 Å². The molecule has 0 radical (unpaired) electrons. The van der Waals surface area contributed by atoms with Crippen molar-refractivity contribution in [3.05, 3.63) is 63.2 Å². The molecule has 3 aromatic rings. The fourth-order valence-corrected chi connectivity index (χ4v) is 2.71. The van der Waals surface area contributed by atoms with Crippen LogP contribution in [0.2, 0.25) is 5.15 Å². The first-order chi connectivity index (χ1) is 15.6. The summed E-state index contributed by atoms with van der Waals surface area (Å²) in [5.41, 5.74) is -0.440. The molecule has 2 N–H and O–H groups in total. The highest BCUT2D eigenvalue weighted by molar-refractivity contribution is 9.10. The third-order valence-electron chi connectivity index (χ3n) is 3.58. The standard InChI is InChI=1S/C17H8BrClF4N6O4/c18-9-6-7(3-4-10(9)20)25-13(28-32-16(31)17(21,22)23)11-14(29-33-27-11)26-15(30)8-2-1-5-24-12(8)19/h1-6H,(H,25,28)(H,26,29,30). The van der Waals surface area contributed by atoms with Gasteiger partial charge in [0.05, 0.1) is 10.0 Å². The molecule has 0 aliphatic carbocycles. The van der Waals surface area contributed by atoms with E-state index in [9.17, 15) is 27.2 Å². The Morgan fingerprint density at radius 1 is 1.18 bits per heavy atom. The monoisotopic (exact) mass is 550 g/mol. The maximum Gasteiger partial charge on any atom is 0.493 e. The van der Waals surface area contributed by atoms with E-state index in [1.54, 1.807) is 0 Å². The van der Waals surface area contributed by atoms with Crippen LogP contribution in [0.3, 0.4) is 0 Å². The van der Waals surface area contributed by atoms with Crippen LogP contribution in [-0.2, 0) is 9.63 Å². The van der Waals surface area contributed by atoms with E-state index in [-0.39, 0.29) is 20.9 Å². The van der Waals surface area contributed by atoms with Gasteiger partial charge in [-0.05, 0) is 56.6 Å². The van der Waals surface area contributed by atoms with Crippen LogP contribution in [0.15, 0.2) is 50.8 Å². The Morgan fingerprint density at radius 2 is 1.94 bits per heavy atom. The summed E-state index contributed by atoms with van der Waals surface area (Å²) in [7, 11) is 0. The summed E-state index contributed by atoms with van der Waals surface area (Å²) < 4.78 is 55.6. The summed E-state index contributed by atoms with van der Waals surface area (Å²) in [5, 5.41) is 14.6. The Morgan fingerprint density at radius 3 is 2.61 bits per heavy atom. The zero-order chi connectivity index (χ0) is 24.2. The second-order valence-corrected chi connectivity index (χ2v) is 7.04. The number of carbonyl (C=O) groups excluding carboxylic acids is 2. The van der Waals surface area contributed by atoms with Gasteiger partial charge in [-0.2, -0.15) is 13.2 Å². The van der Waals surface area contributed by atoms with E-state index in [1.807, 2.05) is 0 Å². The summed E-state index contributed by atoms with van der Waals surface area (Å²) in [6.45, 7) is 0. The van der Waals surface area contributed by atoms with Gasteiger partial charge < -0.3 is 15.5 Å². The number of pyridine rings is 1. The highest BCUT2D eigenvalue weighted by atomic mass is 79.9. The van der Waals surface area contributed by atoms with Crippen molar-refractivity contribution < 1.29 is 36.6 Å². The van der Waals surface area contributed by atoms with Crippen LogP contribution in [0.25, 0.3) is 0 Å². The molecule has 0 saturated carbocycles. The van der Waals surface area contributed by atoms with E-state index >= 15 is 0 Å². The third kappa shape index (κ3) is 6.01. The first-order valence-corrected chi connectivity index (χ1v) is 9.56. The Bertz CT molecular complexity index is 1240. The predicted octanol–water partition coefficient (Wildman–Crippen LogP) is 4.15. The number of benzene rings is 1. The SMILES string of the molecule is O=C(Nc1nonc1/C(=N\OC(=O)C(F)(F)F)Nc1ccc(F)c(Br)c1)c1cccnc1Cl. The number of nitrogens with one attached hydrogen (secondary N) is 2. The second-order valence-electron chi connectivity index (χ2n) is 5.83. The number of aromatic nitrogens is 3. The van der Waals surface area contributed by atoms with Crippen LogP contribution in [-0.4, -0.2) is 39.2 Å². The van der Waals surface area contributed by atoms with Crippen LogP contribution in [0.1, 0.15) is 16.1 Å². The van der Waals surface area contributed by atoms with Crippen LogP contribution < -0.4 is 10.6 Å². The molecular formula is C17H8BrClF4N6O4. The molecule has 0 atom stereocenters. The van der Waals surface area contributed by atoms with Gasteiger partial charge in [0.15, 0.2) is 5.69 Å². The Kier molecular flexibility index (Phi) is 7.23. The van der Waals surface area contributed by atoms with Gasteiger partial charge in [0.25, 0.3) is 5.91 Å². The van der Waals surface area contributed by atoms with Gasteiger partial charge in [0, 0.05) is 11.9 Å². The minimum Gasteiger partial charge on any atom is -0.335 e. The molecule has 0 spiro atoms. The first-order valence-electron chi connectivity index (χ1n) is 8.39. The molecule has 0 unspecified atom stereocenters. The molecule has 2 aromatic heterocycles. The van der Waals surface area contributed by atoms with Gasteiger partial charge in [0.2, 0.25) is 11.7 Å². The molecule has 1 amide bonds. The summed E-state index contributed by atoms with van der Waals surface area (Å²) >= 11 is 8.80. The van der Waals surface area contributed by atoms with E-state index in [4.69, 9.17) is 11.6 Å². The number of anilines is 2. The maximum absolute atomic E-state index is 13.5. The van der Waals surface area contributed by atoms with Crippen LogP contribution in [0, 0.1) is 5.82 Å². The number of amidine groups is 1. The van der Waals surface area contributed by atoms with Crippen molar-refractivity contribution in [2.24, 2.45) is 5.16 Å². The number of halogens is 6. The smallest absolute Gasteiger partial charge is 0.335 e. The number of nitrogens with zero attached hydrogens (tertiary/aromatic N) is 4. The number of hydrogen-bond donors (Lipinski definition) is 2. The van der Waals surface area contributed by atoms with Crippen LogP contribution >= 0.6 is 27.5 Å². The van der Waals surface area contributed by atoms with Crippen molar-refractivity contribution >= 4 is 56.7 Å². The molecule has 10 nitrogen and oxygen atoms in total. The van der Waals surface area contributed by atoms with Crippen molar-refractivity contribution in [3.8, 4) is 0 Å². The summed E-state index contributed by atoms with van der Waals surface area (Å²) in [5.74, 6) is -5.14. The molecule has 172 valence electrons. The Balaban J connectivity index is 1.94. The largest absolute Gasteiger partial charge is 0.493 e. The maximum atomic E-state index is 13.5. The van der Waals surface area contributed by atoms with Crippen molar-refractivity contribution in [3.63, 3.8) is 0 Å². The Hall–Kier alpha value is -3.59. The molecule has 2 heterocycles. The molecule has 16 heteroatoms. The van der Waals surface area contributed by atoms with E-state index in [0.29, 0.717) is 0 Å². The zero-order valence-electron chi connectivity index (χ0n) is 15.7. The fraction of sp³-hybridized carbons (Fsp3) is 0.0588. The average Bonchev–Trinajstić information content (AvgIpc) is 3.20. The van der Waals surface area contributed by atoms with Crippen LogP contribution in [0.5, 0.6) is 0 Å².